The molecule has 1 atom stereocenters. The van der Waals surface area contributed by atoms with Crippen molar-refractivity contribution < 1.29 is 0 Å². The molecule has 0 aromatic heterocycles. The molecule has 0 aromatic carbocycles. The van der Waals surface area contributed by atoms with Gasteiger partial charge in [0.05, 0.1) is 0 Å². The van der Waals surface area contributed by atoms with Crippen molar-refractivity contribution in [3.8, 4) is 0 Å². The maximum Gasteiger partial charge on any atom is 0.0170 e. The summed E-state index contributed by atoms with van der Waals surface area (Å²) in [6.45, 7) is 8.22. The molecule has 84 valence electrons. The van der Waals surface area contributed by atoms with E-state index in [9.17, 15) is 0 Å². The van der Waals surface area contributed by atoms with Gasteiger partial charge in [0.15, 0.2) is 0 Å². The Hall–Kier alpha value is 0.270. The summed E-state index contributed by atoms with van der Waals surface area (Å²) in [5, 5.41) is 3.58. The summed E-state index contributed by atoms with van der Waals surface area (Å²) in [7, 11) is 2.23. The quantitative estimate of drug-likeness (QED) is 0.752. The number of rotatable bonds is 5. The van der Waals surface area contributed by atoms with Gasteiger partial charge >= 0.3 is 0 Å². The lowest BCUT2D eigenvalue weighted by Crippen LogP contribution is -2.40. The zero-order chi connectivity index (χ0) is 10.4. The molecule has 0 aromatic rings. The van der Waals surface area contributed by atoms with Crippen molar-refractivity contribution in [3.63, 3.8) is 0 Å². The molecule has 1 saturated heterocycles. The molecule has 0 saturated carbocycles. The molecular weight excluding hydrogens is 192 g/mol. The first-order chi connectivity index (χ1) is 6.68. The Balaban J connectivity index is 2.06. The smallest absolute Gasteiger partial charge is 0.0170 e. The van der Waals surface area contributed by atoms with Gasteiger partial charge in [-0.3, -0.25) is 0 Å². The fourth-order valence-electron chi connectivity index (χ4n) is 1.90. The van der Waals surface area contributed by atoms with Crippen molar-refractivity contribution in [1.29, 1.82) is 0 Å². The topological polar surface area (TPSA) is 15.3 Å². The summed E-state index contributed by atoms with van der Waals surface area (Å²) in [6, 6.07) is 0.753. The minimum absolute atomic E-state index is 0.753. The molecule has 0 amide bonds. The summed E-state index contributed by atoms with van der Waals surface area (Å²) in [6.07, 6.45) is 1.30. The van der Waals surface area contributed by atoms with Gasteiger partial charge in [-0.25, -0.2) is 0 Å². The molecule has 14 heavy (non-hydrogen) atoms. The third kappa shape index (κ3) is 5.23. The number of hydrogen-bond donors (Lipinski definition) is 1. The van der Waals surface area contributed by atoms with Crippen LogP contribution in [0.4, 0.5) is 0 Å². The third-order valence-electron chi connectivity index (χ3n) is 2.53. The van der Waals surface area contributed by atoms with Gasteiger partial charge in [0, 0.05) is 30.6 Å². The Labute approximate surface area is 92.8 Å². The molecule has 1 unspecified atom stereocenters. The first-order valence-corrected chi connectivity index (χ1v) is 6.83. The molecule has 1 heterocycles. The molecule has 0 bridgehead atoms. The van der Waals surface area contributed by atoms with E-state index in [-0.39, 0.29) is 0 Å². The van der Waals surface area contributed by atoms with Gasteiger partial charge in [0.2, 0.25) is 0 Å². The molecule has 0 spiro atoms. The predicted molar refractivity (Wildman–Crippen MR) is 66.1 cm³/mol. The molecule has 1 rings (SSSR count). The van der Waals surface area contributed by atoms with Crippen LogP contribution in [0.3, 0.4) is 0 Å². The second-order valence-corrected chi connectivity index (χ2v) is 5.82. The highest BCUT2D eigenvalue weighted by Crippen LogP contribution is 2.10. The van der Waals surface area contributed by atoms with Crippen molar-refractivity contribution >= 4 is 11.8 Å². The average Bonchev–Trinajstić information content (AvgIpc) is 2.15. The van der Waals surface area contributed by atoms with E-state index in [1.54, 1.807) is 0 Å². The van der Waals surface area contributed by atoms with Crippen LogP contribution in [0.5, 0.6) is 0 Å². The van der Waals surface area contributed by atoms with E-state index in [1.807, 2.05) is 0 Å². The fourth-order valence-corrected chi connectivity index (χ4v) is 2.89. The molecule has 1 fully saturated rings. The molecule has 1 N–H and O–H groups in total. The molecule has 3 heteroatoms. The summed E-state index contributed by atoms with van der Waals surface area (Å²) in [5.41, 5.74) is 0. The molecule has 0 radical (unpaired) electrons. The lowest BCUT2D eigenvalue weighted by molar-refractivity contribution is 0.280. The van der Waals surface area contributed by atoms with Gasteiger partial charge < -0.3 is 10.2 Å². The van der Waals surface area contributed by atoms with Crippen LogP contribution in [0.15, 0.2) is 0 Å². The standard InChI is InChI=1S/C11H24N2S/c1-10(2)8-13(3)6-4-11-9-14-7-5-12-11/h10-12H,4-9H2,1-3H3. The maximum absolute atomic E-state index is 3.58. The van der Waals surface area contributed by atoms with E-state index < -0.39 is 0 Å². The van der Waals surface area contributed by atoms with Crippen LogP contribution in [-0.4, -0.2) is 49.1 Å². The van der Waals surface area contributed by atoms with Crippen molar-refractivity contribution in [2.45, 2.75) is 26.3 Å². The molecule has 1 aliphatic rings. The van der Waals surface area contributed by atoms with Crippen LogP contribution in [-0.2, 0) is 0 Å². The van der Waals surface area contributed by atoms with Crippen molar-refractivity contribution in [1.82, 2.24) is 10.2 Å². The van der Waals surface area contributed by atoms with Gasteiger partial charge in [0.1, 0.15) is 0 Å². The van der Waals surface area contributed by atoms with E-state index in [1.165, 1.54) is 37.6 Å². The monoisotopic (exact) mass is 216 g/mol. The predicted octanol–water partition coefficient (Wildman–Crippen LogP) is 1.67. The van der Waals surface area contributed by atoms with Crippen molar-refractivity contribution in [3.05, 3.63) is 0 Å². The SMILES string of the molecule is CC(C)CN(C)CCC1CSCCN1. The van der Waals surface area contributed by atoms with E-state index in [0.29, 0.717) is 0 Å². The Morgan fingerprint density at radius 2 is 2.29 bits per heavy atom. The highest BCUT2D eigenvalue weighted by molar-refractivity contribution is 7.99. The molecule has 0 aliphatic carbocycles. The van der Waals surface area contributed by atoms with Crippen LogP contribution in [0.2, 0.25) is 0 Å². The second-order valence-electron chi connectivity index (χ2n) is 4.67. The molecule has 2 nitrogen and oxygen atoms in total. The van der Waals surface area contributed by atoms with Crippen LogP contribution >= 0.6 is 11.8 Å². The van der Waals surface area contributed by atoms with Gasteiger partial charge in [-0.15, -0.1) is 0 Å². The first-order valence-electron chi connectivity index (χ1n) is 5.68. The summed E-state index contributed by atoms with van der Waals surface area (Å²) < 4.78 is 0. The van der Waals surface area contributed by atoms with Crippen LogP contribution in [0, 0.1) is 5.92 Å². The van der Waals surface area contributed by atoms with E-state index >= 15 is 0 Å². The summed E-state index contributed by atoms with van der Waals surface area (Å²) in [5.74, 6) is 3.38. The maximum atomic E-state index is 3.58. The molecular formula is C11H24N2S. The zero-order valence-electron chi connectivity index (χ0n) is 9.75. The summed E-state index contributed by atoms with van der Waals surface area (Å²) in [4.78, 5) is 2.45. The average molecular weight is 216 g/mol. The van der Waals surface area contributed by atoms with Crippen LogP contribution in [0.1, 0.15) is 20.3 Å². The largest absolute Gasteiger partial charge is 0.312 e. The normalized spacial score (nSPS) is 23.4. The minimum atomic E-state index is 0.753. The van der Waals surface area contributed by atoms with E-state index in [2.05, 4.69) is 42.9 Å². The minimum Gasteiger partial charge on any atom is -0.312 e. The Kier molecular flexibility index (Phi) is 5.90. The van der Waals surface area contributed by atoms with Crippen LogP contribution < -0.4 is 5.32 Å². The number of nitrogens with one attached hydrogen (secondary N) is 1. The third-order valence-corrected chi connectivity index (χ3v) is 3.67. The summed E-state index contributed by atoms with van der Waals surface area (Å²) >= 11 is 2.09. The fraction of sp³-hybridized carbons (Fsp3) is 1.00. The Bertz CT molecular complexity index is 144. The lowest BCUT2D eigenvalue weighted by Gasteiger charge is -2.26. The number of hydrogen-bond acceptors (Lipinski definition) is 3. The number of nitrogens with zero attached hydrogens (tertiary/aromatic N) is 1. The van der Waals surface area contributed by atoms with E-state index in [0.717, 1.165) is 12.0 Å². The van der Waals surface area contributed by atoms with Gasteiger partial charge in [-0.1, -0.05) is 13.8 Å². The lowest BCUT2D eigenvalue weighted by atomic mass is 10.2. The van der Waals surface area contributed by atoms with Gasteiger partial charge in [0.25, 0.3) is 0 Å². The van der Waals surface area contributed by atoms with Crippen molar-refractivity contribution in [2.75, 3.05) is 38.2 Å². The highest BCUT2D eigenvalue weighted by Gasteiger charge is 2.13. The van der Waals surface area contributed by atoms with Crippen molar-refractivity contribution in [2.24, 2.45) is 5.92 Å². The Morgan fingerprint density at radius 3 is 2.86 bits per heavy atom. The van der Waals surface area contributed by atoms with Gasteiger partial charge in [-0.05, 0) is 25.9 Å². The molecule has 1 aliphatic heterocycles. The van der Waals surface area contributed by atoms with Gasteiger partial charge in [-0.2, -0.15) is 11.8 Å². The Morgan fingerprint density at radius 1 is 1.50 bits per heavy atom. The first kappa shape index (κ1) is 12.3. The van der Waals surface area contributed by atoms with E-state index in [4.69, 9.17) is 0 Å². The zero-order valence-corrected chi connectivity index (χ0v) is 10.6. The van der Waals surface area contributed by atoms with Crippen LogP contribution in [0.25, 0.3) is 0 Å². The highest BCUT2D eigenvalue weighted by atomic mass is 32.2. The second kappa shape index (κ2) is 6.70. The number of thioether (sulfide) groups is 1.